The second-order valence-electron chi connectivity index (χ2n) is 3.90. The summed E-state index contributed by atoms with van der Waals surface area (Å²) in [5.74, 6) is 0.724. The predicted molar refractivity (Wildman–Crippen MR) is 75.7 cm³/mol. The molecule has 1 rings (SSSR count). The number of hydrogen-bond donors (Lipinski definition) is 2. The maximum atomic E-state index is 12.0. The molecule has 19 heavy (non-hydrogen) atoms. The molecule has 1 amide bonds. The summed E-state index contributed by atoms with van der Waals surface area (Å²) in [7, 11) is 3.03. The minimum atomic E-state index is -0.237. The van der Waals surface area contributed by atoms with Crippen LogP contribution in [0.4, 0.5) is 5.69 Å². The SMILES string of the molecule is C/C=C/CCNC(=O)c1cc(OC)cc(OC)c1N. The average Bonchev–Trinajstić information content (AvgIpc) is 2.43. The number of benzene rings is 1. The number of amides is 1. The van der Waals surface area contributed by atoms with E-state index in [0.29, 0.717) is 29.3 Å². The van der Waals surface area contributed by atoms with Gasteiger partial charge in [-0.25, -0.2) is 0 Å². The van der Waals surface area contributed by atoms with E-state index >= 15 is 0 Å². The monoisotopic (exact) mass is 264 g/mol. The number of carbonyl (C=O) groups excluding carboxylic acids is 1. The van der Waals surface area contributed by atoms with Crippen LogP contribution in [0.3, 0.4) is 0 Å². The van der Waals surface area contributed by atoms with E-state index in [4.69, 9.17) is 15.2 Å². The van der Waals surface area contributed by atoms with E-state index in [2.05, 4.69) is 5.32 Å². The Hall–Kier alpha value is -2.17. The van der Waals surface area contributed by atoms with Gasteiger partial charge >= 0.3 is 0 Å². The molecule has 0 radical (unpaired) electrons. The van der Waals surface area contributed by atoms with Gasteiger partial charge in [-0.15, -0.1) is 0 Å². The van der Waals surface area contributed by atoms with Crippen molar-refractivity contribution in [2.24, 2.45) is 0 Å². The van der Waals surface area contributed by atoms with Crippen LogP contribution in [0.5, 0.6) is 11.5 Å². The molecule has 0 heterocycles. The van der Waals surface area contributed by atoms with Gasteiger partial charge < -0.3 is 20.5 Å². The highest BCUT2D eigenvalue weighted by molar-refractivity contribution is 6.00. The van der Waals surface area contributed by atoms with Crippen LogP contribution in [0, 0.1) is 0 Å². The summed E-state index contributed by atoms with van der Waals surface area (Å²) < 4.78 is 10.2. The van der Waals surface area contributed by atoms with Crippen LogP contribution in [0.25, 0.3) is 0 Å². The zero-order valence-corrected chi connectivity index (χ0v) is 11.5. The van der Waals surface area contributed by atoms with Gasteiger partial charge in [-0.2, -0.15) is 0 Å². The van der Waals surface area contributed by atoms with Crippen molar-refractivity contribution in [3.8, 4) is 11.5 Å². The highest BCUT2D eigenvalue weighted by Gasteiger charge is 2.15. The van der Waals surface area contributed by atoms with E-state index in [-0.39, 0.29) is 5.91 Å². The number of nitrogens with one attached hydrogen (secondary N) is 1. The lowest BCUT2D eigenvalue weighted by Crippen LogP contribution is -2.25. The zero-order valence-electron chi connectivity index (χ0n) is 11.5. The molecule has 104 valence electrons. The van der Waals surface area contributed by atoms with Crippen molar-refractivity contribution in [2.75, 3.05) is 26.5 Å². The number of allylic oxidation sites excluding steroid dienone is 1. The molecule has 0 aliphatic carbocycles. The first kappa shape index (κ1) is 14.9. The second kappa shape index (κ2) is 7.31. The maximum absolute atomic E-state index is 12.0. The molecular weight excluding hydrogens is 244 g/mol. The number of hydrogen-bond acceptors (Lipinski definition) is 4. The maximum Gasteiger partial charge on any atom is 0.253 e. The lowest BCUT2D eigenvalue weighted by Gasteiger charge is -2.12. The first-order valence-corrected chi connectivity index (χ1v) is 6.04. The minimum absolute atomic E-state index is 0.237. The Bertz CT molecular complexity index is 470. The van der Waals surface area contributed by atoms with E-state index in [0.717, 1.165) is 6.42 Å². The van der Waals surface area contributed by atoms with E-state index in [1.807, 2.05) is 19.1 Å². The largest absolute Gasteiger partial charge is 0.497 e. The van der Waals surface area contributed by atoms with E-state index in [1.54, 1.807) is 12.1 Å². The summed E-state index contributed by atoms with van der Waals surface area (Å²) in [4.78, 5) is 12.0. The Morgan fingerprint density at radius 3 is 2.68 bits per heavy atom. The van der Waals surface area contributed by atoms with Crippen molar-refractivity contribution in [1.82, 2.24) is 5.32 Å². The lowest BCUT2D eigenvalue weighted by molar-refractivity contribution is 0.0954. The quantitative estimate of drug-likeness (QED) is 0.468. The Morgan fingerprint density at radius 1 is 1.37 bits per heavy atom. The van der Waals surface area contributed by atoms with Crippen molar-refractivity contribution < 1.29 is 14.3 Å². The van der Waals surface area contributed by atoms with E-state index < -0.39 is 0 Å². The molecule has 5 heteroatoms. The fourth-order valence-corrected chi connectivity index (χ4v) is 1.61. The molecule has 0 saturated heterocycles. The van der Waals surface area contributed by atoms with Crippen molar-refractivity contribution >= 4 is 11.6 Å². The topological polar surface area (TPSA) is 73.6 Å². The van der Waals surface area contributed by atoms with Gasteiger partial charge in [0.25, 0.3) is 5.91 Å². The molecule has 5 nitrogen and oxygen atoms in total. The summed E-state index contributed by atoms with van der Waals surface area (Å²) in [6.45, 7) is 2.49. The highest BCUT2D eigenvalue weighted by Crippen LogP contribution is 2.30. The first-order valence-electron chi connectivity index (χ1n) is 6.04. The third-order valence-corrected chi connectivity index (χ3v) is 2.65. The number of ether oxygens (including phenoxy) is 2. The summed E-state index contributed by atoms with van der Waals surface area (Å²) >= 11 is 0. The highest BCUT2D eigenvalue weighted by atomic mass is 16.5. The Labute approximate surface area is 113 Å². The lowest BCUT2D eigenvalue weighted by atomic mass is 10.1. The number of nitrogen functional groups attached to an aromatic ring is 1. The molecule has 1 aromatic rings. The van der Waals surface area contributed by atoms with E-state index in [9.17, 15) is 4.79 Å². The number of anilines is 1. The molecule has 0 saturated carbocycles. The predicted octanol–water partition coefficient (Wildman–Crippen LogP) is 1.98. The summed E-state index contributed by atoms with van der Waals surface area (Å²) in [6.07, 6.45) is 4.70. The van der Waals surface area contributed by atoms with Gasteiger partial charge in [-0.1, -0.05) is 12.2 Å². The fourth-order valence-electron chi connectivity index (χ4n) is 1.61. The van der Waals surface area contributed by atoms with Crippen molar-refractivity contribution in [1.29, 1.82) is 0 Å². The van der Waals surface area contributed by atoms with Gasteiger partial charge in [-0.05, 0) is 19.4 Å². The molecule has 0 atom stereocenters. The zero-order chi connectivity index (χ0) is 14.3. The standard InChI is InChI=1S/C14H20N2O3/c1-4-5-6-7-16-14(17)11-8-10(18-2)9-12(19-3)13(11)15/h4-5,8-9H,6-7,15H2,1-3H3,(H,16,17)/b5-4+. The van der Waals surface area contributed by atoms with Gasteiger partial charge in [-0.3, -0.25) is 4.79 Å². The molecule has 0 aromatic heterocycles. The van der Waals surface area contributed by atoms with Gasteiger partial charge in [0.15, 0.2) is 0 Å². The Morgan fingerprint density at radius 2 is 2.11 bits per heavy atom. The van der Waals surface area contributed by atoms with Crippen molar-refractivity contribution in [3.63, 3.8) is 0 Å². The van der Waals surface area contributed by atoms with Gasteiger partial charge in [0.1, 0.15) is 11.5 Å². The van der Waals surface area contributed by atoms with Crippen molar-refractivity contribution in [2.45, 2.75) is 13.3 Å². The molecule has 3 N–H and O–H groups in total. The summed E-state index contributed by atoms with van der Waals surface area (Å²) in [5.41, 5.74) is 6.56. The van der Waals surface area contributed by atoms with Crippen LogP contribution in [0.2, 0.25) is 0 Å². The third-order valence-electron chi connectivity index (χ3n) is 2.65. The molecule has 0 bridgehead atoms. The summed E-state index contributed by atoms with van der Waals surface area (Å²) in [6, 6.07) is 3.24. The number of nitrogens with two attached hydrogens (primary N) is 1. The van der Waals surface area contributed by atoms with Crippen LogP contribution in [0.15, 0.2) is 24.3 Å². The second-order valence-corrected chi connectivity index (χ2v) is 3.90. The molecule has 0 spiro atoms. The van der Waals surface area contributed by atoms with Gasteiger partial charge in [0.2, 0.25) is 0 Å². The van der Waals surface area contributed by atoms with Gasteiger partial charge in [0.05, 0.1) is 25.5 Å². The Balaban J connectivity index is 2.88. The van der Waals surface area contributed by atoms with E-state index in [1.165, 1.54) is 14.2 Å². The third kappa shape index (κ3) is 3.91. The van der Waals surface area contributed by atoms with Crippen molar-refractivity contribution in [3.05, 3.63) is 29.8 Å². The van der Waals surface area contributed by atoms with Crippen LogP contribution in [0.1, 0.15) is 23.7 Å². The molecular formula is C14H20N2O3. The van der Waals surface area contributed by atoms with Crippen LogP contribution in [-0.2, 0) is 0 Å². The Kier molecular flexibility index (Phi) is 5.73. The number of methoxy groups -OCH3 is 2. The summed E-state index contributed by atoms with van der Waals surface area (Å²) in [5, 5.41) is 2.80. The fraction of sp³-hybridized carbons (Fsp3) is 0.357. The smallest absolute Gasteiger partial charge is 0.253 e. The first-order chi connectivity index (χ1) is 9.13. The molecule has 0 aliphatic rings. The van der Waals surface area contributed by atoms with Crippen LogP contribution in [-0.4, -0.2) is 26.7 Å². The number of carbonyl (C=O) groups is 1. The molecule has 0 fully saturated rings. The van der Waals surface area contributed by atoms with Crippen LogP contribution < -0.4 is 20.5 Å². The molecule has 1 aromatic carbocycles. The van der Waals surface area contributed by atoms with Crippen LogP contribution >= 0.6 is 0 Å². The number of rotatable bonds is 6. The normalized spacial score (nSPS) is 10.5. The minimum Gasteiger partial charge on any atom is -0.497 e. The molecule has 0 aliphatic heterocycles. The van der Waals surface area contributed by atoms with Gasteiger partial charge in [0, 0.05) is 12.6 Å². The molecule has 0 unspecified atom stereocenters. The average molecular weight is 264 g/mol.